The van der Waals surface area contributed by atoms with Crippen LogP contribution in [0.3, 0.4) is 0 Å². The van der Waals surface area contributed by atoms with Crippen LogP contribution >= 0.6 is 0 Å². The Balaban J connectivity index is 1.90. The monoisotopic (exact) mass is 184 g/mol. The first-order chi connectivity index (χ1) is 6.15. The summed E-state index contributed by atoms with van der Waals surface area (Å²) < 4.78 is 10.5. The van der Waals surface area contributed by atoms with E-state index in [1.807, 2.05) is 6.92 Å². The lowest BCUT2D eigenvalue weighted by Gasteiger charge is -2.21. The molecule has 1 saturated carbocycles. The van der Waals surface area contributed by atoms with Crippen LogP contribution in [0.2, 0.25) is 0 Å². The van der Waals surface area contributed by atoms with Crippen molar-refractivity contribution < 1.29 is 14.3 Å². The fraction of sp³-hybridized carbons (Fsp3) is 0.900. The molecule has 3 heteroatoms. The number of epoxide rings is 1. The van der Waals surface area contributed by atoms with Crippen molar-refractivity contribution in [3.05, 3.63) is 0 Å². The van der Waals surface area contributed by atoms with Crippen LogP contribution in [0.15, 0.2) is 0 Å². The van der Waals surface area contributed by atoms with E-state index in [0.29, 0.717) is 12.7 Å². The van der Waals surface area contributed by atoms with E-state index in [0.717, 1.165) is 19.3 Å². The zero-order chi connectivity index (χ0) is 9.47. The number of carbonyl (C=O) groups excluding carboxylic acids is 1. The first-order valence-corrected chi connectivity index (χ1v) is 5.00. The van der Waals surface area contributed by atoms with Crippen molar-refractivity contribution in [2.45, 2.75) is 44.8 Å². The molecule has 1 aliphatic heterocycles. The van der Waals surface area contributed by atoms with Crippen LogP contribution in [0.1, 0.15) is 33.1 Å². The fourth-order valence-corrected chi connectivity index (χ4v) is 2.24. The summed E-state index contributed by atoms with van der Waals surface area (Å²) in [7, 11) is 0. The van der Waals surface area contributed by atoms with Crippen LogP contribution in [-0.4, -0.2) is 24.3 Å². The second-order valence-electron chi connectivity index (χ2n) is 4.15. The zero-order valence-corrected chi connectivity index (χ0v) is 8.21. The van der Waals surface area contributed by atoms with Crippen molar-refractivity contribution in [3.63, 3.8) is 0 Å². The van der Waals surface area contributed by atoms with Gasteiger partial charge in [0.1, 0.15) is 0 Å². The molecule has 13 heavy (non-hydrogen) atoms. The van der Waals surface area contributed by atoms with Gasteiger partial charge in [0.25, 0.3) is 0 Å². The number of hydrogen-bond donors (Lipinski definition) is 0. The number of rotatable bonds is 2. The van der Waals surface area contributed by atoms with Gasteiger partial charge in [-0.2, -0.15) is 0 Å². The van der Waals surface area contributed by atoms with E-state index in [-0.39, 0.29) is 17.5 Å². The number of carbonyl (C=O) groups is 1. The lowest BCUT2D eigenvalue weighted by molar-refractivity contribution is -0.149. The van der Waals surface area contributed by atoms with Crippen LogP contribution < -0.4 is 0 Å². The van der Waals surface area contributed by atoms with Gasteiger partial charge in [-0.1, -0.05) is 0 Å². The lowest BCUT2D eigenvalue weighted by atomic mass is 9.82. The molecule has 3 unspecified atom stereocenters. The summed E-state index contributed by atoms with van der Waals surface area (Å²) in [5, 5.41) is 0. The smallest absolute Gasteiger partial charge is 0.309 e. The second kappa shape index (κ2) is 2.98. The minimum Gasteiger partial charge on any atom is -0.466 e. The average Bonchev–Trinajstić information content (AvgIpc) is 2.75. The molecule has 0 aromatic rings. The number of fused-ring (bicyclic) bond motifs is 1. The Morgan fingerprint density at radius 2 is 2.38 bits per heavy atom. The predicted octanol–water partition coefficient (Wildman–Crippen LogP) is 1.51. The van der Waals surface area contributed by atoms with Crippen LogP contribution in [0.25, 0.3) is 0 Å². The van der Waals surface area contributed by atoms with E-state index >= 15 is 0 Å². The van der Waals surface area contributed by atoms with Crippen molar-refractivity contribution >= 4 is 5.97 Å². The third-order valence-corrected chi connectivity index (χ3v) is 3.08. The Bertz CT molecular complexity index is 226. The molecule has 3 nitrogen and oxygen atoms in total. The molecule has 2 rings (SSSR count). The number of ether oxygens (including phenoxy) is 2. The average molecular weight is 184 g/mol. The van der Waals surface area contributed by atoms with Gasteiger partial charge < -0.3 is 9.47 Å². The van der Waals surface area contributed by atoms with Gasteiger partial charge in [0.05, 0.1) is 24.2 Å². The van der Waals surface area contributed by atoms with Crippen LogP contribution in [0.4, 0.5) is 0 Å². The lowest BCUT2D eigenvalue weighted by Crippen LogP contribution is -2.29. The standard InChI is InChI=1S/C10H16O3/c1-3-12-9(11)7-4-5-8-10(2,6-7)13-8/h7-8H,3-6H2,1-2H3. The Morgan fingerprint density at radius 3 is 3.00 bits per heavy atom. The summed E-state index contributed by atoms with van der Waals surface area (Å²) in [5.74, 6) is 0.0291. The minimum atomic E-state index is -0.0438. The predicted molar refractivity (Wildman–Crippen MR) is 47.3 cm³/mol. The molecular weight excluding hydrogens is 168 g/mol. The molecule has 0 bridgehead atoms. The van der Waals surface area contributed by atoms with Gasteiger partial charge in [0, 0.05) is 0 Å². The summed E-state index contributed by atoms with van der Waals surface area (Å²) >= 11 is 0. The number of esters is 1. The van der Waals surface area contributed by atoms with Gasteiger partial charge in [-0.15, -0.1) is 0 Å². The molecular formula is C10H16O3. The summed E-state index contributed by atoms with van der Waals surface area (Å²) in [5.41, 5.74) is -0.00429. The molecule has 74 valence electrons. The van der Waals surface area contributed by atoms with Crippen molar-refractivity contribution in [2.24, 2.45) is 5.92 Å². The summed E-state index contributed by atoms with van der Waals surface area (Å²) in [6.07, 6.45) is 3.20. The van der Waals surface area contributed by atoms with E-state index < -0.39 is 0 Å². The first-order valence-electron chi connectivity index (χ1n) is 5.00. The summed E-state index contributed by atoms with van der Waals surface area (Å²) in [6, 6.07) is 0. The SMILES string of the molecule is CCOC(=O)C1CCC2OC2(C)C1. The Kier molecular flexibility index (Phi) is 2.06. The molecule has 0 spiro atoms. The minimum absolute atomic E-state index is 0.00429. The van der Waals surface area contributed by atoms with Gasteiger partial charge in [-0.25, -0.2) is 0 Å². The van der Waals surface area contributed by atoms with Gasteiger partial charge in [-0.3, -0.25) is 4.79 Å². The van der Waals surface area contributed by atoms with E-state index in [1.165, 1.54) is 0 Å². The van der Waals surface area contributed by atoms with Gasteiger partial charge in [-0.05, 0) is 33.1 Å². The largest absolute Gasteiger partial charge is 0.466 e. The van der Waals surface area contributed by atoms with E-state index in [9.17, 15) is 4.79 Å². The van der Waals surface area contributed by atoms with Crippen LogP contribution in [0, 0.1) is 5.92 Å². The quantitative estimate of drug-likeness (QED) is 0.482. The molecule has 0 N–H and O–H groups in total. The van der Waals surface area contributed by atoms with Crippen molar-refractivity contribution in [2.75, 3.05) is 6.61 Å². The fourth-order valence-electron chi connectivity index (χ4n) is 2.24. The van der Waals surface area contributed by atoms with Crippen LogP contribution in [0.5, 0.6) is 0 Å². The third-order valence-electron chi connectivity index (χ3n) is 3.08. The molecule has 0 radical (unpaired) electrons. The zero-order valence-electron chi connectivity index (χ0n) is 8.21. The van der Waals surface area contributed by atoms with Crippen molar-refractivity contribution in [3.8, 4) is 0 Å². The van der Waals surface area contributed by atoms with Gasteiger partial charge >= 0.3 is 5.97 Å². The molecule has 1 aliphatic carbocycles. The molecule has 2 aliphatic rings. The van der Waals surface area contributed by atoms with Gasteiger partial charge in [0.2, 0.25) is 0 Å². The first kappa shape index (κ1) is 9.00. The molecule has 2 fully saturated rings. The van der Waals surface area contributed by atoms with E-state index in [4.69, 9.17) is 9.47 Å². The maximum Gasteiger partial charge on any atom is 0.309 e. The Hall–Kier alpha value is -0.570. The molecule has 0 amide bonds. The van der Waals surface area contributed by atoms with E-state index in [2.05, 4.69) is 6.92 Å². The Morgan fingerprint density at radius 1 is 1.62 bits per heavy atom. The summed E-state index contributed by atoms with van der Waals surface area (Å²) in [4.78, 5) is 11.4. The Labute approximate surface area is 78.4 Å². The van der Waals surface area contributed by atoms with Gasteiger partial charge in [0.15, 0.2) is 0 Å². The highest BCUT2D eigenvalue weighted by Crippen LogP contribution is 2.49. The third kappa shape index (κ3) is 1.57. The van der Waals surface area contributed by atoms with Crippen molar-refractivity contribution in [1.29, 1.82) is 0 Å². The van der Waals surface area contributed by atoms with E-state index in [1.54, 1.807) is 0 Å². The number of hydrogen-bond acceptors (Lipinski definition) is 3. The normalized spacial score (nSPS) is 42.3. The molecule has 0 aromatic carbocycles. The molecule has 0 aromatic heterocycles. The topological polar surface area (TPSA) is 38.8 Å². The molecule has 1 saturated heterocycles. The van der Waals surface area contributed by atoms with Crippen LogP contribution in [-0.2, 0) is 14.3 Å². The van der Waals surface area contributed by atoms with Crippen molar-refractivity contribution in [1.82, 2.24) is 0 Å². The summed E-state index contributed by atoms with van der Waals surface area (Å²) in [6.45, 7) is 4.41. The highest BCUT2D eigenvalue weighted by atomic mass is 16.6. The highest BCUT2D eigenvalue weighted by molar-refractivity contribution is 5.72. The molecule has 1 heterocycles. The highest BCUT2D eigenvalue weighted by Gasteiger charge is 2.56. The second-order valence-corrected chi connectivity index (χ2v) is 4.15. The maximum absolute atomic E-state index is 11.4. The molecule has 3 atom stereocenters. The maximum atomic E-state index is 11.4.